The average Bonchev–Trinajstić information content (AvgIpc) is 3.27. The van der Waals surface area contributed by atoms with Gasteiger partial charge in [-0.25, -0.2) is 9.97 Å². The molecule has 62 heavy (non-hydrogen) atoms. The van der Waals surface area contributed by atoms with Crippen LogP contribution in [0.15, 0.2) is 79.0 Å². The molecule has 3 saturated heterocycles. The molecule has 3 aliphatic heterocycles. The number of carbonyl (C=O) groups is 1. The van der Waals surface area contributed by atoms with Crippen LogP contribution >= 0.6 is 0 Å². The second-order valence-corrected chi connectivity index (χ2v) is 16.2. The van der Waals surface area contributed by atoms with E-state index in [1.807, 2.05) is 43.3 Å². The molecule has 3 aliphatic rings. The number of amides is 1. The quantitative estimate of drug-likeness (QED) is 0.0820. The van der Waals surface area contributed by atoms with Gasteiger partial charge in [-0.15, -0.1) is 0 Å². The van der Waals surface area contributed by atoms with Crippen molar-refractivity contribution >= 4 is 17.9 Å². The van der Waals surface area contributed by atoms with Gasteiger partial charge >= 0.3 is 6.18 Å². The van der Waals surface area contributed by atoms with E-state index < -0.39 is 12.0 Å². The lowest BCUT2D eigenvalue weighted by Crippen LogP contribution is -2.47. The number of anilines is 2. The number of aromatic nitrogens is 2. The molecular weight excluding hydrogens is 798 g/mol. The Morgan fingerprint density at radius 2 is 1.65 bits per heavy atom. The third kappa shape index (κ3) is 16.7. The van der Waals surface area contributed by atoms with E-state index in [4.69, 9.17) is 19.9 Å². The number of carbonyl (C=O) groups excluding carboxylic acids is 1. The molecular formula is C47H65F3N8O4. The van der Waals surface area contributed by atoms with Crippen LogP contribution in [0.5, 0.6) is 17.2 Å². The van der Waals surface area contributed by atoms with Gasteiger partial charge in [-0.1, -0.05) is 29.8 Å². The van der Waals surface area contributed by atoms with E-state index in [0.29, 0.717) is 39.3 Å². The van der Waals surface area contributed by atoms with Crippen LogP contribution in [0.1, 0.15) is 54.6 Å². The number of nitrogens with two attached hydrogens (primary N) is 1. The summed E-state index contributed by atoms with van der Waals surface area (Å²) in [7, 11) is 2.23. The minimum absolute atomic E-state index is 0.0136. The number of piperazine rings is 1. The molecule has 0 spiro atoms. The maximum Gasteiger partial charge on any atom is 0.451 e. The molecule has 0 aliphatic carbocycles. The van der Waals surface area contributed by atoms with Gasteiger partial charge in [0.1, 0.15) is 23.1 Å². The van der Waals surface area contributed by atoms with Gasteiger partial charge in [0, 0.05) is 70.8 Å². The van der Waals surface area contributed by atoms with Gasteiger partial charge < -0.3 is 45.3 Å². The molecule has 338 valence electrons. The fourth-order valence-electron chi connectivity index (χ4n) is 7.47. The molecule has 1 amide bonds. The molecule has 3 fully saturated rings. The summed E-state index contributed by atoms with van der Waals surface area (Å²) in [4.78, 5) is 24.4. The second-order valence-electron chi connectivity index (χ2n) is 16.2. The molecule has 4 N–H and O–H groups in total. The van der Waals surface area contributed by atoms with Crippen LogP contribution in [0.3, 0.4) is 0 Å². The van der Waals surface area contributed by atoms with Gasteiger partial charge in [0.05, 0.1) is 19.3 Å². The van der Waals surface area contributed by atoms with Gasteiger partial charge in [-0.05, 0) is 132 Å². The number of aryl methyl sites for hydroxylation is 2. The molecule has 7 rings (SSSR count). The predicted molar refractivity (Wildman–Crippen MR) is 239 cm³/mol. The average molecular weight is 863 g/mol. The third-order valence-corrected chi connectivity index (χ3v) is 11.1. The maximum atomic E-state index is 12.4. The highest BCUT2D eigenvalue weighted by molar-refractivity contribution is 5.48. The van der Waals surface area contributed by atoms with Crippen molar-refractivity contribution in [1.29, 1.82) is 0 Å². The minimum atomic E-state index is -4.51. The van der Waals surface area contributed by atoms with E-state index in [9.17, 15) is 18.0 Å². The fraction of sp³-hybridized carbons (Fsp3) is 0.511. The number of rotatable bonds is 15. The van der Waals surface area contributed by atoms with Crippen LogP contribution < -0.4 is 30.7 Å². The van der Waals surface area contributed by atoms with Gasteiger partial charge in [0.15, 0.2) is 0 Å². The maximum absolute atomic E-state index is 12.4. The highest BCUT2D eigenvalue weighted by Crippen LogP contribution is 2.29. The van der Waals surface area contributed by atoms with E-state index in [2.05, 4.69) is 79.6 Å². The Kier molecular flexibility index (Phi) is 19.6. The predicted octanol–water partition coefficient (Wildman–Crippen LogP) is 7.35. The second kappa shape index (κ2) is 25.2. The van der Waals surface area contributed by atoms with Crippen molar-refractivity contribution in [2.45, 2.75) is 64.6 Å². The molecule has 4 aromatic rings. The van der Waals surface area contributed by atoms with E-state index >= 15 is 0 Å². The number of likely N-dealkylation sites (N-methyl/N-ethyl adjacent to an activating group) is 1. The molecule has 3 aromatic carbocycles. The van der Waals surface area contributed by atoms with Crippen molar-refractivity contribution in [1.82, 2.24) is 25.1 Å². The minimum Gasteiger partial charge on any atom is -0.494 e. The number of ether oxygens (including phenoxy) is 3. The van der Waals surface area contributed by atoms with Crippen LogP contribution in [0.2, 0.25) is 0 Å². The van der Waals surface area contributed by atoms with Crippen molar-refractivity contribution in [3.63, 3.8) is 0 Å². The number of halogens is 3. The first kappa shape index (κ1) is 48.1. The van der Waals surface area contributed by atoms with Gasteiger partial charge in [0.2, 0.25) is 12.2 Å². The lowest BCUT2D eigenvalue weighted by atomic mass is 9.95. The molecule has 1 atom stereocenters. The van der Waals surface area contributed by atoms with Crippen LogP contribution in [0, 0.1) is 19.8 Å². The monoisotopic (exact) mass is 863 g/mol. The molecule has 0 bridgehead atoms. The van der Waals surface area contributed by atoms with Gasteiger partial charge in [-0.3, -0.25) is 4.79 Å². The first-order valence-electron chi connectivity index (χ1n) is 21.8. The van der Waals surface area contributed by atoms with Crippen LogP contribution in [0.4, 0.5) is 24.7 Å². The van der Waals surface area contributed by atoms with E-state index in [0.717, 1.165) is 60.6 Å². The van der Waals surface area contributed by atoms with Crippen LogP contribution in [0.25, 0.3) is 0 Å². The fourth-order valence-corrected chi connectivity index (χ4v) is 7.47. The van der Waals surface area contributed by atoms with Crippen molar-refractivity contribution in [3.05, 3.63) is 102 Å². The summed E-state index contributed by atoms with van der Waals surface area (Å²) in [6, 6.07) is 24.1. The first-order valence-corrected chi connectivity index (χ1v) is 21.8. The number of benzene rings is 3. The highest BCUT2D eigenvalue weighted by Gasteiger charge is 2.35. The Bertz CT molecular complexity index is 1880. The zero-order chi connectivity index (χ0) is 44.2. The lowest BCUT2D eigenvalue weighted by Gasteiger charge is -2.38. The number of hydrogen-bond donors (Lipinski definition) is 3. The summed E-state index contributed by atoms with van der Waals surface area (Å²) in [6.07, 6.45) is 3.38. The smallest absolute Gasteiger partial charge is 0.451 e. The van der Waals surface area contributed by atoms with Crippen molar-refractivity contribution < 1.29 is 32.2 Å². The summed E-state index contributed by atoms with van der Waals surface area (Å²) >= 11 is 0. The van der Waals surface area contributed by atoms with Crippen LogP contribution in [-0.2, 0) is 22.1 Å². The zero-order valence-electron chi connectivity index (χ0n) is 36.5. The molecule has 15 heteroatoms. The topological polar surface area (TPSA) is 130 Å². The first-order chi connectivity index (χ1) is 30.0. The lowest BCUT2D eigenvalue weighted by molar-refractivity contribution is -0.144. The molecule has 4 heterocycles. The Morgan fingerprint density at radius 1 is 0.919 bits per heavy atom. The Labute approximate surface area is 365 Å². The number of hydrogen-bond acceptors (Lipinski definition) is 11. The number of nitrogens with zero attached hydrogens (tertiary/aromatic N) is 5. The largest absolute Gasteiger partial charge is 0.494 e. The normalized spacial score (nSPS) is 17.5. The van der Waals surface area contributed by atoms with E-state index in [1.165, 1.54) is 81.5 Å². The third-order valence-electron chi connectivity index (χ3n) is 11.1. The van der Waals surface area contributed by atoms with Crippen molar-refractivity contribution in [2.24, 2.45) is 11.7 Å². The molecule has 0 radical (unpaired) electrons. The summed E-state index contributed by atoms with van der Waals surface area (Å²) in [5.74, 6) is 2.34. The Morgan fingerprint density at radius 3 is 2.29 bits per heavy atom. The van der Waals surface area contributed by atoms with Gasteiger partial charge in [-0.2, -0.15) is 13.2 Å². The van der Waals surface area contributed by atoms with Crippen molar-refractivity contribution in [2.75, 3.05) is 96.0 Å². The van der Waals surface area contributed by atoms with Crippen molar-refractivity contribution in [3.8, 4) is 17.2 Å². The Balaban J connectivity index is 0.000000178. The highest BCUT2D eigenvalue weighted by atomic mass is 19.4. The SMILES string of the molecule is Cc1cc(CCN)ccc1Oc1ccc(OCCCNC=O)cc1.Cc1ccc(N2CCC(CN3CCN(C)CC3)CC2)cc1.FC(F)(F)c1nccc(NC2CCCOC2)n1. The summed E-state index contributed by atoms with van der Waals surface area (Å²) in [5, 5.41) is 5.52. The molecule has 0 saturated carbocycles. The molecule has 1 aromatic heterocycles. The number of piperidine rings is 1. The van der Waals surface area contributed by atoms with Crippen LogP contribution in [-0.4, -0.2) is 118 Å². The summed E-state index contributed by atoms with van der Waals surface area (Å²) < 4.78 is 53.9. The molecule has 12 nitrogen and oxygen atoms in total. The van der Waals surface area contributed by atoms with E-state index in [-0.39, 0.29) is 11.9 Å². The number of nitrogens with one attached hydrogen (secondary N) is 2. The molecule has 1 unspecified atom stereocenters. The zero-order valence-corrected chi connectivity index (χ0v) is 36.5. The van der Waals surface area contributed by atoms with Gasteiger partial charge in [0.25, 0.3) is 0 Å². The number of alkyl halides is 3. The summed E-state index contributed by atoms with van der Waals surface area (Å²) in [5.41, 5.74) is 10.6. The summed E-state index contributed by atoms with van der Waals surface area (Å²) in [6.45, 7) is 16.0. The standard InChI is InChI=1S/C19H24N2O3.C18H29N3.C10H12F3N3O/c1-15-13-16(9-10-20)3-8-19(15)24-18-6-4-17(5-7-18)23-12-2-11-21-14-22;1-16-3-5-18(6-4-16)21-9-7-17(8-10-21)15-20-13-11-19(2)12-14-20;11-10(12,13)9-14-4-3-8(16-9)15-7-2-1-5-17-6-7/h3-8,13-14H,2,9-12,20H2,1H3,(H,21,22);3-6,17H,7-15H2,1-2H3;3-4,7H,1-2,5-6H2,(H,14,15,16). The van der Waals surface area contributed by atoms with E-state index in [1.54, 1.807) is 0 Å². The Hall–Kier alpha value is -4.96.